The average molecular weight is 311 g/mol. The zero-order valence-corrected chi connectivity index (χ0v) is 13.0. The fourth-order valence-corrected chi connectivity index (χ4v) is 3.02. The molecule has 0 radical (unpaired) electrons. The van der Waals surface area contributed by atoms with Gasteiger partial charge in [0, 0.05) is 24.2 Å². The number of amides is 1. The fourth-order valence-electron chi connectivity index (χ4n) is 3.02. The first kappa shape index (κ1) is 15.5. The first-order valence-electron chi connectivity index (χ1n) is 7.90. The van der Waals surface area contributed by atoms with Crippen molar-refractivity contribution < 1.29 is 9.90 Å². The molecule has 120 valence electrons. The van der Waals surface area contributed by atoms with Gasteiger partial charge in [0.2, 0.25) is 5.91 Å². The number of aromatic nitrogens is 2. The molecule has 2 N–H and O–H groups in total. The highest BCUT2D eigenvalue weighted by Crippen LogP contribution is 2.29. The van der Waals surface area contributed by atoms with Crippen molar-refractivity contribution in [3.05, 3.63) is 54.6 Å². The van der Waals surface area contributed by atoms with Crippen molar-refractivity contribution in [1.29, 1.82) is 0 Å². The number of imidazole rings is 1. The van der Waals surface area contributed by atoms with Crippen LogP contribution in [0, 0.1) is 0 Å². The topological polar surface area (TPSA) is 67.2 Å². The van der Waals surface area contributed by atoms with Crippen LogP contribution >= 0.6 is 0 Å². The Morgan fingerprint density at radius 2 is 2.04 bits per heavy atom. The minimum atomic E-state index is -0.424. The zero-order valence-electron chi connectivity index (χ0n) is 13.0. The lowest BCUT2D eigenvalue weighted by Crippen LogP contribution is -2.48. The summed E-state index contributed by atoms with van der Waals surface area (Å²) in [5.41, 5.74) is 1.55. The highest BCUT2D eigenvalue weighted by atomic mass is 16.3. The van der Waals surface area contributed by atoms with Crippen molar-refractivity contribution in [2.45, 2.75) is 31.2 Å². The molecule has 1 amide bonds. The Morgan fingerprint density at radius 1 is 1.30 bits per heavy atom. The van der Waals surface area contributed by atoms with E-state index in [-0.39, 0.29) is 12.5 Å². The molecule has 0 spiro atoms. The minimum Gasteiger partial charge on any atom is -0.394 e. The van der Waals surface area contributed by atoms with E-state index in [1.807, 2.05) is 35.0 Å². The first-order chi connectivity index (χ1) is 11.2. The summed E-state index contributed by atoms with van der Waals surface area (Å²) in [6.07, 6.45) is 12.5. The third-order valence-corrected chi connectivity index (χ3v) is 4.37. The summed E-state index contributed by atoms with van der Waals surface area (Å²) >= 11 is 0. The van der Waals surface area contributed by atoms with Crippen LogP contribution in [0.1, 0.15) is 31.2 Å². The molecule has 1 aliphatic carbocycles. The van der Waals surface area contributed by atoms with Gasteiger partial charge in [-0.1, -0.05) is 25.0 Å². The van der Waals surface area contributed by atoms with Gasteiger partial charge in [0.15, 0.2) is 0 Å². The molecule has 3 rings (SSSR count). The molecular weight excluding hydrogens is 290 g/mol. The Kier molecular flexibility index (Phi) is 4.57. The lowest BCUT2D eigenvalue weighted by molar-refractivity contribution is -0.118. The van der Waals surface area contributed by atoms with Crippen LogP contribution in [0.25, 0.3) is 11.8 Å². The molecular formula is C18H21N3O2. The van der Waals surface area contributed by atoms with Crippen LogP contribution in [0.3, 0.4) is 0 Å². The van der Waals surface area contributed by atoms with Gasteiger partial charge in [-0.05, 0) is 36.6 Å². The Bertz CT molecular complexity index is 669. The lowest BCUT2D eigenvalue weighted by Gasteiger charge is -2.27. The smallest absolute Gasteiger partial charge is 0.244 e. The van der Waals surface area contributed by atoms with E-state index in [9.17, 15) is 9.90 Å². The number of hydrogen-bond donors (Lipinski definition) is 2. The molecule has 1 aromatic heterocycles. The average Bonchev–Trinajstić information content (AvgIpc) is 3.26. The van der Waals surface area contributed by atoms with Gasteiger partial charge in [0.25, 0.3) is 0 Å². The molecule has 5 nitrogen and oxygen atoms in total. The molecule has 1 aromatic carbocycles. The molecule has 0 bridgehead atoms. The van der Waals surface area contributed by atoms with Crippen molar-refractivity contribution in [2.75, 3.05) is 6.61 Å². The van der Waals surface area contributed by atoms with Crippen molar-refractivity contribution in [1.82, 2.24) is 14.9 Å². The highest BCUT2D eigenvalue weighted by molar-refractivity contribution is 5.92. The van der Waals surface area contributed by atoms with Crippen LogP contribution in [-0.2, 0) is 4.79 Å². The highest BCUT2D eigenvalue weighted by Gasteiger charge is 2.33. The van der Waals surface area contributed by atoms with E-state index in [2.05, 4.69) is 10.3 Å². The summed E-state index contributed by atoms with van der Waals surface area (Å²) in [6, 6.07) is 7.86. The minimum absolute atomic E-state index is 0.00613. The zero-order chi connectivity index (χ0) is 16.1. The maximum absolute atomic E-state index is 12.1. The molecule has 0 saturated heterocycles. The number of benzene rings is 1. The molecule has 0 atom stereocenters. The SMILES string of the molecule is O=C(/C=C/c1ccc(-n2ccnc2)cc1)NC1(CO)CCCC1. The normalized spacial score (nSPS) is 16.7. The van der Waals surface area contributed by atoms with Gasteiger partial charge in [0.05, 0.1) is 18.5 Å². The van der Waals surface area contributed by atoms with Gasteiger partial charge in [-0.15, -0.1) is 0 Å². The Labute approximate surface area is 135 Å². The Morgan fingerprint density at radius 3 is 2.65 bits per heavy atom. The van der Waals surface area contributed by atoms with E-state index in [0.717, 1.165) is 36.9 Å². The predicted molar refractivity (Wildman–Crippen MR) is 89.0 cm³/mol. The molecule has 1 heterocycles. The van der Waals surface area contributed by atoms with Crippen LogP contribution in [0.4, 0.5) is 0 Å². The van der Waals surface area contributed by atoms with Gasteiger partial charge < -0.3 is 15.0 Å². The molecule has 1 saturated carbocycles. The van der Waals surface area contributed by atoms with Crippen LogP contribution in [0.5, 0.6) is 0 Å². The number of carbonyl (C=O) groups excluding carboxylic acids is 1. The number of rotatable bonds is 5. The van der Waals surface area contributed by atoms with Gasteiger partial charge in [-0.25, -0.2) is 4.98 Å². The van der Waals surface area contributed by atoms with Crippen molar-refractivity contribution in [3.63, 3.8) is 0 Å². The van der Waals surface area contributed by atoms with Crippen LogP contribution in [0.2, 0.25) is 0 Å². The van der Waals surface area contributed by atoms with Gasteiger partial charge >= 0.3 is 0 Å². The summed E-state index contributed by atoms with van der Waals surface area (Å²) in [4.78, 5) is 16.1. The summed E-state index contributed by atoms with van der Waals surface area (Å²) in [5, 5.41) is 12.5. The second-order valence-corrected chi connectivity index (χ2v) is 6.03. The monoisotopic (exact) mass is 311 g/mol. The quantitative estimate of drug-likeness (QED) is 0.833. The standard InChI is InChI=1S/C18H21N3O2/c22-13-18(9-1-2-10-18)20-17(23)8-5-15-3-6-16(7-4-15)21-12-11-19-14-21/h3-8,11-12,14,22H,1-2,9-10,13H2,(H,20,23)/b8-5+. The number of aliphatic hydroxyl groups is 1. The second kappa shape index (κ2) is 6.79. The second-order valence-electron chi connectivity index (χ2n) is 6.03. The first-order valence-corrected chi connectivity index (χ1v) is 7.90. The summed E-state index contributed by atoms with van der Waals surface area (Å²) < 4.78 is 1.92. The maximum atomic E-state index is 12.1. The summed E-state index contributed by atoms with van der Waals surface area (Å²) in [7, 11) is 0. The van der Waals surface area contributed by atoms with E-state index in [1.54, 1.807) is 18.6 Å². The third-order valence-electron chi connectivity index (χ3n) is 4.37. The number of hydrogen-bond acceptors (Lipinski definition) is 3. The maximum Gasteiger partial charge on any atom is 0.244 e. The van der Waals surface area contributed by atoms with Gasteiger partial charge in [0.1, 0.15) is 0 Å². The fraction of sp³-hybridized carbons (Fsp3) is 0.333. The van der Waals surface area contributed by atoms with Crippen LogP contribution < -0.4 is 5.32 Å². The van der Waals surface area contributed by atoms with Gasteiger partial charge in [-0.2, -0.15) is 0 Å². The number of nitrogens with one attached hydrogen (secondary N) is 1. The van der Waals surface area contributed by atoms with Crippen LogP contribution in [0.15, 0.2) is 49.1 Å². The largest absolute Gasteiger partial charge is 0.394 e. The van der Waals surface area contributed by atoms with Crippen molar-refractivity contribution in [3.8, 4) is 5.69 Å². The van der Waals surface area contributed by atoms with E-state index < -0.39 is 5.54 Å². The summed E-state index contributed by atoms with van der Waals surface area (Å²) in [6.45, 7) is 0.00613. The van der Waals surface area contributed by atoms with Gasteiger partial charge in [-0.3, -0.25) is 4.79 Å². The van der Waals surface area contributed by atoms with Crippen LogP contribution in [-0.4, -0.2) is 32.7 Å². The number of carbonyl (C=O) groups is 1. The van der Waals surface area contributed by atoms with E-state index in [1.165, 1.54) is 6.08 Å². The molecule has 0 aliphatic heterocycles. The molecule has 5 heteroatoms. The van der Waals surface area contributed by atoms with E-state index in [0.29, 0.717) is 0 Å². The van der Waals surface area contributed by atoms with Crippen molar-refractivity contribution in [2.24, 2.45) is 0 Å². The Balaban J connectivity index is 1.62. The van der Waals surface area contributed by atoms with Crippen molar-refractivity contribution >= 4 is 12.0 Å². The predicted octanol–water partition coefficient (Wildman–Crippen LogP) is 2.31. The Hall–Kier alpha value is -2.40. The molecule has 2 aromatic rings. The molecule has 0 unspecified atom stereocenters. The lowest BCUT2D eigenvalue weighted by atomic mass is 9.99. The molecule has 1 fully saturated rings. The number of aliphatic hydroxyl groups excluding tert-OH is 1. The van der Waals surface area contributed by atoms with E-state index in [4.69, 9.17) is 0 Å². The third kappa shape index (κ3) is 3.68. The molecule has 23 heavy (non-hydrogen) atoms. The summed E-state index contributed by atoms with van der Waals surface area (Å²) in [5.74, 6) is -0.153. The number of nitrogens with zero attached hydrogens (tertiary/aromatic N) is 2. The molecule has 1 aliphatic rings. The van der Waals surface area contributed by atoms with E-state index >= 15 is 0 Å².